The van der Waals surface area contributed by atoms with E-state index in [0.29, 0.717) is 5.69 Å². The van der Waals surface area contributed by atoms with Crippen molar-refractivity contribution in [3.63, 3.8) is 0 Å². The second-order valence-electron chi connectivity index (χ2n) is 5.63. The van der Waals surface area contributed by atoms with E-state index in [1.54, 1.807) is 18.2 Å². The molecular weight excluding hydrogens is 360 g/mol. The zero-order valence-corrected chi connectivity index (χ0v) is 14.8. The quantitative estimate of drug-likeness (QED) is 0.831. The van der Waals surface area contributed by atoms with Gasteiger partial charge in [-0.25, -0.2) is 0 Å². The molecule has 0 saturated heterocycles. The number of aryl methyl sites for hydroxylation is 1. The Hall–Kier alpha value is -2.08. The van der Waals surface area contributed by atoms with Gasteiger partial charge in [0, 0.05) is 10.2 Å². The lowest BCUT2D eigenvalue weighted by molar-refractivity contribution is -0.118. The van der Waals surface area contributed by atoms with Gasteiger partial charge in [-0.1, -0.05) is 29.8 Å². The molecule has 0 aliphatic carbocycles. The lowest BCUT2D eigenvalue weighted by atomic mass is 10.0. The number of carbonyl (C=O) groups is 2. The molecule has 1 aromatic heterocycles. The molecule has 0 saturated carbocycles. The normalized spacial score (nSPS) is 12.0. The summed E-state index contributed by atoms with van der Waals surface area (Å²) in [5.74, 6) is -0.550. The minimum absolute atomic E-state index is 0.0644. The van der Waals surface area contributed by atoms with Gasteiger partial charge >= 0.3 is 0 Å². The highest BCUT2D eigenvalue weighted by Gasteiger charge is 2.25. The fraction of sp³-hybridized carbons (Fsp3) is 0.294. The number of anilines is 1. The van der Waals surface area contributed by atoms with Crippen LogP contribution in [0.3, 0.4) is 0 Å². The molecule has 0 bridgehead atoms. The van der Waals surface area contributed by atoms with Gasteiger partial charge in [0.15, 0.2) is 5.76 Å². The molecule has 1 aromatic carbocycles. The van der Waals surface area contributed by atoms with Crippen LogP contribution in [0, 0.1) is 12.8 Å². The van der Waals surface area contributed by atoms with E-state index in [9.17, 15) is 9.59 Å². The highest BCUT2D eigenvalue weighted by Crippen LogP contribution is 2.20. The monoisotopic (exact) mass is 378 g/mol. The van der Waals surface area contributed by atoms with Crippen LogP contribution in [0.25, 0.3) is 0 Å². The average Bonchev–Trinajstić information content (AvgIpc) is 3.02. The summed E-state index contributed by atoms with van der Waals surface area (Å²) in [6.45, 7) is 5.69. The standard InChI is InChI=1S/C17H19BrN2O3/c1-10(2)15(20-16(21)14-5-4-8-23-14)17(22)19-12-6-7-13(18)11(3)9-12/h4-10,15H,1-3H3,(H,19,22)(H,20,21)/t15-/m0/s1. The molecule has 2 rings (SSSR count). The number of rotatable bonds is 5. The van der Waals surface area contributed by atoms with Gasteiger partial charge in [-0.15, -0.1) is 0 Å². The van der Waals surface area contributed by atoms with Crippen molar-refractivity contribution in [3.05, 3.63) is 52.4 Å². The number of nitrogens with one attached hydrogen (secondary N) is 2. The molecule has 6 heteroatoms. The average molecular weight is 379 g/mol. The number of carbonyl (C=O) groups excluding carboxylic acids is 2. The Morgan fingerprint density at radius 2 is 1.96 bits per heavy atom. The molecule has 0 unspecified atom stereocenters. The van der Waals surface area contributed by atoms with Gasteiger partial charge < -0.3 is 15.1 Å². The topological polar surface area (TPSA) is 71.3 Å². The fourth-order valence-corrected chi connectivity index (χ4v) is 2.34. The van der Waals surface area contributed by atoms with E-state index in [1.807, 2.05) is 32.9 Å². The second-order valence-corrected chi connectivity index (χ2v) is 6.48. The predicted molar refractivity (Wildman–Crippen MR) is 92.3 cm³/mol. The lowest BCUT2D eigenvalue weighted by Crippen LogP contribution is -2.47. The Morgan fingerprint density at radius 1 is 1.22 bits per heavy atom. The van der Waals surface area contributed by atoms with Gasteiger partial charge in [0.2, 0.25) is 5.91 Å². The second kappa shape index (κ2) is 7.46. The number of hydrogen-bond acceptors (Lipinski definition) is 3. The summed E-state index contributed by atoms with van der Waals surface area (Å²) < 4.78 is 6.03. The molecule has 2 amide bonds. The summed E-state index contributed by atoms with van der Waals surface area (Å²) in [4.78, 5) is 24.6. The highest BCUT2D eigenvalue weighted by atomic mass is 79.9. The van der Waals surface area contributed by atoms with Gasteiger partial charge in [0.05, 0.1) is 6.26 Å². The number of hydrogen-bond donors (Lipinski definition) is 2. The number of amides is 2. The van der Waals surface area contributed by atoms with Crippen LogP contribution < -0.4 is 10.6 Å². The smallest absolute Gasteiger partial charge is 0.287 e. The maximum atomic E-state index is 12.5. The molecule has 2 aromatic rings. The van der Waals surface area contributed by atoms with Crippen molar-refractivity contribution < 1.29 is 14.0 Å². The minimum Gasteiger partial charge on any atom is -0.459 e. The third kappa shape index (κ3) is 4.45. The van der Waals surface area contributed by atoms with E-state index in [4.69, 9.17) is 4.42 Å². The van der Waals surface area contributed by atoms with Gasteiger partial charge in [0.25, 0.3) is 5.91 Å². The Morgan fingerprint density at radius 3 is 2.52 bits per heavy atom. The predicted octanol–water partition coefficient (Wildman–Crippen LogP) is 3.74. The van der Waals surface area contributed by atoms with Crippen LogP contribution in [0.4, 0.5) is 5.69 Å². The van der Waals surface area contributed by atoms with Crippen molar-refractivity contribution in [3.8, 4) is 0 Å². The first-order valence-corrected chi connectivity index (χ1v) is 8.09. The summed E-state index contributed by atoms with van der Waals surface area (Å²) in [6, 6.07) is 8.08. The summed E-state index contributed by atoms with van der Waals surface area (Å²) in [6.07, 6.45) is 1.42. The summed E-state index contributed by atoms with van der Waals surface area (Å²) in [5, 5.41) is 5.55. The molecule has 122 valence electrons. The van der Waals surface area contributed by atoms with E-state index in [1.165, 1.54) is 6.26 Å². The van der Waals surface area contributed by atoms with E-state index >= 15 is 0 Å². The van der Waals surface area contributed by atoms with Crippen LogP contribution in [0.5, 0.6) is 0 Å². The van der Waals surface area contributed by atoms with E-state index < -0.39 is 11.9 Å². The maximum absolute atomic E-state index is 12.5. The van der Waals surface area contributed by atoms with Gasteiger partial charge in [-0.05, 0) is 48.7 Å². The molecule has 0 aliphatic rings. The fourth-order valence-electron chi connectivity index (χ4n) is 2.10. The molecular formula is C17H19BrN2O3. The first-order chi connectivity index (χ1) is 10.9. The summed E-state index contributed by atoms with van der Waals surface area (Å²) in [7, 11) is 0. The molecule has 5 nitrogen and oxygen atoms in total. The van der Waals surface area contributed by atoms with Crippen molar-refractivity contribution in [2.75, 3.05) is 5.32 Å². The van der Waals surface area contributed by atoms with Gasteiger partial charge in [-0.2, -0.15) is 0 Å². The van der Waals surface area contributed by atoms with Crippen LogP contribution in [-0.2, 0) is 4.79 Å². The molecule has 0 radical (unpaired) electrons. The first-order valence-electron chi connectivity index (χ1n) is 7.30. The van der Waals surface area contributed by atoms with Crippen LogP contribution in [0.15, 0.2) is 45.5 Å². The van der Waals surface area contributed by atoms with Gasteiger partial charge in [-0.3, -0.25) is 9.59 Å². The van der Waals surface area contributed by atoms with Crippen LogP contribution in [0.1, 0.15) is 30.0 Å². The van der Waals surface area contributed by atoms with Crippen molar-refractivity contribution in [1.82, 2.24) is 5.32 Å². The van der Waals surface area contributed by atoms with E-state index in [2.05, 4.69) is 26.6 Å². The maximum Gasteiger partial charge on any atom is 0.287 e. The Kier molecular flexibility index (Phi) is 5.60. The SMILES string of the molecule is Cc1cc(NC(=O)[C@@H](NC(=O)c2ccco2)C(C)C)ccc1Br. The Balaban J connectivity index is 2.09. The Bertz CT molecular complexity index is 696. The largest absolute Gasteiger partial charge is 0.459 e. The molecule has 0 aliphatic heterocycles. The molecule has 1 heterocycles. The van der Waals surface area contributed by atoms with Crippen molar-refractivity contribution in [2.24, 2.45) is 5.92 Å². The number of halogens is 1. The van der Waals surface area contributed by atoms with Crippen LogP contribution in [0.2, 0.25) is 0 Å². The third-order valence-electron chi connectivity index (χ3n) is 3.41. The number of benzene rings is 1. The number of furan rings is 1. The van der Waals surface area contributed by atoms with Crippen molar-refractivity contribution >= 4 is 33.4 Å². The minimum atomic E-state index is -0.656. The summed E-state index contributed by atoms with van der Waals surface area (Å²) >= 11 is 3.42. The summed E-state index contributed by atoms with van der Waals surface area (Å²) in [5.41, 5.74) is 1.71. The molecule has 1 atom stereocenters. The van der Waals surface area contributed by atoms with Crippen molar-refractivity contribution in [1.29, 1.82) is 0 Å². The van der Waals surface area contributed by atoms with E-state index in [-0.39, 0.29) is 17.6 Å². The molecule has 2 N–H and O–H groups in total. The zero-order chi connectivity index (χ0) is 17.0. The zero-order valence-electron chi connectivity index (χ0n) is 13.2. The Labute approximate surface area is 143 Å². The first kappa shape index (κ1) is 17.3. The van der Waals surface area contributed by atoms with Crippen LogP contribution >= 0.6 is 15.9 Å². The van der Waals surface area contributed by atoms with Gasteiger partial charge in [0.1, 0.15) is 6.04 Å². The molecule has 23 heavy (non-hydrogen) atoms. The molecule has 0 spiro atoms. The lowest BCUT2D eigenvalue weighted by Gasteiger charge is -2.21. The third-order valence-corrected chi connectivity index (χ3v) is 4.30. The van der Waals surface area contributed by atoms with Crippen molar-refractivity contribution in [2.45, 2.75) is 26.8 Å². The highest BCUT2D eigenvalue weighted by molar-refractivity contribution is 9.10. The van der Waals surface area contributed by atoms with Crippen LogP contribution in [-0.4, -0.2) is 17.9 Å². The van der Waals surface area contributed by atoms with E-state index in [0.717, 1.165) is 10.0 Å². The molecule has 0 fully saturated rings.